The van der Waals surface area contributed by atoms with Gasteiger partial charge in [-0.2, -0.15) is 0 Å². The Morgan fingerprint density at radius 3 is 1.84 bits per heavy atom. The Labute approximate surface area is 159 Å². The molecule has 3 aromatic rings. The minimum absolute atomic E-state index is 0.344. The van der Waals surface area contributed by atoms with Crippen LogP contribution in [0.15, 0.2) is 70.5 Å². The van der Waals surface area contributed by atoms with Gasteiger partial charge in [-0.25, -0.2) is 0 Å². The van der Waals surface area contributed by atoms with Gasteiger partial charge < -0.3 is 4.74 Å². The summed E-state index contributed by atoms with van der Waals surface area (Å²) in [5.74, 6) is -0.431. The molecule has 0 fully saturated rings. The van der Waals surface area contributed by atoms with Crippen LogP contribution in [0.25, 0.3) is 0 Å². The second kappa shape index (κ2) is 9.30. The van der Waals surface area contributed by atoms with E-state index in [-0.39, 0.29) is 0 Å². The topological polar surface area (TPSA) is 43.4 Å². The van der Waals surface area contributed by atoms with E-state index >= 15 is 0 Å². The van der Waals surface area contributed by atoms with E-state index in [0.717, 1.165) is 9.54 Å². The molecule has 0 aliphatic heterocycles. The molecule has 0 spiro atoms. The smallest absolute Gasteiger partial charge is 0.233 e. The largest absolute Gasteiger partial charge is 0.447 e. The number of hydrogen-bond acceptors (Lipinski definition) is 4. The Morgan fingerprint density at radius 2 is 1.36 bits per heavy atom. The molecular formula is C20H17BrO3S. The van der Waals surface area contributed by atoms with E-state index < -0.39 is 11.6 Å². The van der Waals surface area contributed by atoms with Gasteiger partial charge in [0.25, 0.3) is 0 Å². The summed E-state index contributed by atoms with van der Waals surface area (Å²) < 4.78 is 6.49. The molecule has 0 unspecified atom stereocenters. The van der Waals surface area contributed by atoms with Crippen LogP contribution >= 0.6 is 27.3 Å². The van der Waals surface area contributed by atoms with Crippen molar-refractivity contribution in [3.8, 4) is 10.8 Å². The fraction of sp³-hybridized carbons (Fsp3) is 0.100. The lowest BCUT2D eigenvalue weighted by Gasteiger charge is -2.04. The Balaban J connectivity index is 0.00000109. The first kappa shape index (κ1) is 19.1. The van der Waals surface area contributed by atoms with Crippen molar-refractivity contribution in [3.05, 3.63) is 81.6 Å². The molecule has 0 saturated carbocycles. The second-order valence-corrected chi connectivity index (χ2v) is 6.55. The number of rotatable bonds is 5. The molecule has 3 nitrogen and oxygen atoms in total. The summed E-state index contributed by atoms with van der Waals surface area (Å²) in [6.07, 6.45) is 0. The Kier molecular flexibility index (Phi) is 7.10. The number of Topliss-reactive ketones (excluding diaryl/α,β-unsaturated/α-hetero) is 2. The monoisotopic (exact) mass is 416 g/mol. The third kappa shape index (κ3) is 5.11. The van der Waals surface area contributed by atoms with Crippen molar-refractivity contribution in [2.45, 2.75) is 13.8 Å². The van der Waals surface area contributed by atoms with Gasteiger partial charge in [-0.05, 0) is 66.0 Å². The van der Waals surface area contributed by atoms with Crippen LogP contribution in [-0.2, 0) is 0 Å². The summed E-state index contributed by atoms with van der Waals surface area (Å²) >= 11 is 4.78. The second-order valence-electron chi connectivity index (χ2n) is 4.72. The average Bonchev–Trinajstić information content (AvgIpc) is 3.16. The van der Waals surface area contributed by atoms with Crippen LogP contribution in [0.5, 0.6) is 10.8 Å². The molecule has 5 heteroatoms. The Bertz CT molecular complexity index is 822. The van der Waals surface area contributed by atoms with Crippen LogP contribution in [0, 0.1) is 0 Å². The molecule has 1 heterocycles. The zero-order valence-electron chi connectivity index (χ0n) is 13.9. The van der Waals surface area contributed by atoms with Crippen LogP contribution in [0.2, 0.25) is 0 Å². The van der Waals surface area contributed by atoms with Crippen molar-refractivity contribution < 1.29 is 14.3 Å². The van der Waals surface area contributed by atoms with Gasteiger partial charge in [-0.15, -0.1) is 11.3 Å². The summed E-state index contributed by atoms with van der Waals surface area (Å²) in [6.45, 7) is 4.00. The van der Waals surface area contributed by atoms with E-state index in [1.54, 1.807) is 48.5 Å². The normalized spacial score (nSPS) is 9.72. The van der Waals surface area contributed by atoms with Gasteiger partial charge in [0.15, 0.2) is 5.06 Å². The first-order chi connectivity index (χ1) is 12.1. The number of hydrogen-bond donors (Lipinski definition) is 0. The summed E-state index contributed by atoms with van der Waals surface area (Å²) in [7, 11) is 0. The molecule has 0 atom stereocenters. The van der Waals surface area contributed by atoms with E-state index in [2.05, 4.69) is 15.9 Å². The van der Waals surface area contributed by atoms with Gasteiger partial charge in [0.1, 0.15) is 5.75 Å². The number of carbonyl (C=O) groups is 2. The first-order valence-corrected chi connectivity index (χ1v) is 9.47. The molecule has 0 aliphatic carbocycles. The van der Waals surface area contributed by atoms with Gasteiger partial charge in [0.2, 0.25) is 11.6 Å². The molecule has 1 aromatic heterocycles. The highest BCUT2D eigenvalue weighted by atomic mass is 79.9. The van der Waals surface area contributed by atoms with Gasteiger partial charge in [-0.1, -0.05) is 29.8 Å². The van der Waals surface area contributed by atoms with Crippen LogP contribution in [0.3, 0.4) is 0 Å². The summed E-state index contributed by atoms with van der Waals surface area (Å²) in [5, 5.41) is 2.69. The predicted molar refractivity (Wildman–Crippen MR) is 105 cm³/mol. The van der Waals surface area contributed by atoms with Crippen molar-refractivity contribution in [2.75, 3.05) is 0 Å². The maximum Gasteiger partial charge on any atom is 0.233 e. The van der Waals surface area contributed by atoms with Crippen molar-refractivity contribution >= 4 is 38.8 Å². The predicted octanol–water partition coefficient (Wildman–Crippen LogP) is 6.39. The zero-order valence-corrected chi connectivity index (χ0v) is 16.3. The van der Waals surface area contributed by atoms with Crippen LogP contribution in [0.1, 0.15) is 34.6 Å². The van der Waals surface area contributed by atoms with E-state index in [1.165, 1.54) is 11.3 Å². The lowest BCUT2D eigenvalue weighted by Crippen LogP contribution is -2.14. The lowest BCUT2D eigenvalue weighted by atomic mass is 10.0. The van der Waals surface area contributed by atoms with Crippen LogP contribution in [-0.4, -0.2) is 11.6 Å². The van der Waals surface area contributed by atoms with Crippen molar-refractivity contribution in [1.29, 1.82) is 0 Å². The molecule has 25 heavy (non-hydrogen) atoms. The number of thiophene rings is 1. The molecule has 0 radical (unpaired) electrons. The zero-order chi connectivity index (χ0) is 18.2. The summed E-state index contributed by atoms with van der Waals surface area (Å²) in [5.41, 5.74) is 0.716. The van der Waals surface area contributed by atoms with E-state index in [9.17, 15) is 9.59 Å². The molecule has 0 aliphatic rings. The molecule has 0 bridgehead atoms. The van der Waals surface area contributed by atoms with Crippen molar-refractivity contribution in [1.82, 2.24) is 0 Å². The minimum Gasteiger partial charge on any atom is -0.447 e. The van der Waals surface area contributed by atoms with Crippen molar-refractivity contribution in [3.63, 3.8) is 0 Å². The third-order valence-electron chi connectivity index (χ3n) is 3.14. The van der Waals surface area contributed by atoms with Gasteiger partial charge >= 0.3 is 0 Å². The molecule has 2 aromatic carbocycles. The molecule has 0 N–H and O–H groups in total. The summed E-state index contributed by atoms with van der Waals surface area (Å²) in [4.78, 5) is 24.5. The molecule has 0 amide bonds. The molecule has 3 rings (SSSR count). The number of ketones is 2. The SMILES string of the molecule is CC.O=C(C(=O)c1ccc(Oc2cccs2)cc1)c1ccc(Br)cc1. The average molecular weight is 417 g/mol. The molecule has 128 valence electrons. The Morgan fingerprint density at radius 1 is 0.840 bits per heavy atom. The fourth-order valence-corrected chi connectivity index (χ4v) is 2.83. The first-order valence-electron chi connectivity index (χ1n) is 7.79. The minimum atomic E-state index is -0.532. The maximum atomic E-state index is 12.3. The van der Waals surface area contributed by atoms with Gasteiger partial charge in [0, 0.05) is 15.6 Å². The quantitative estimate of drug-likeness (QED) is 0.357. The number of halogens is 1. The fourth-order valence-electron chi connectivity index (χ4n) is 1.98. The van der Waals surface area contributed by atoms with Gasteiger partial charge in [0.05, 0.1) is 0 Å². The highest BCUT2D eigenvalue weighted by Crippen LogP contribution is 2.26. The third-order valence-corrected chi connectivity index (χ3v) is 4.42. The Hall–Kier alpha value is -2.24. The van der Waals surface area contributed by atoms with Crippen molar-refractivity contribution in [2.24, 2.45) is 0 Å². The van der Waals surface area contributed by atoms with Crippen LogP contribution in [0.4, 0.5) is 0 Å². The number of carbonyl (C=O) groups excluding carboxylic acids is 2. The molecule has 0 saturated heterocycles. The maximum absolute atomic E-state index is 12.3. The number of benzene rings is 2. The highest BCUT2D eigenvalue weighted by Gasteiger charge is 2.18. The van der Waals surface area contributed by atoms with E-state index in [4.69, 9.17) is 4.74 Å². The van der Waals surface area contributed by atoms with E-state index in [0.29, 0.717) is 16.9 Å². The van der Waals surface area contributed by atoms with E-state index in [1.807, 2.05) is 31.4 Å². The summed E-state index contributed by atoms with van der Waals surface area (Å²) in [6, 6.07) is 17.0. The van der Waals surface area contributed by atoms with Crippen LogP contribution < -0.4 is 4.74 Å². The lowest BCUT2D eigenvalue weighted by molar-refractivity contribution is 0.0817. The van der Waals surface area contributed by atoms with Gasteiger partial charge in [-0.3, -0.25) is 9.59 Å². The highest BCUT2D eigenvalue weighted by molar-refractivity contribution is 9.10. The molecular weight excluding hydrogens is 400 g/mol. The standard InChI is InChI=1S/C18H11BrO3S.C2H6/c19-14-7-3-12(4-8-14)17(20)18(21)13-5-9-15(10-6-13)22-16-2-1-11-23-16;1-2/h1-11H;1-2H3. The number of ether oxygens (including phenoxy) is 1.